The molecule has 1 saturated carbocycles. The van der Waals surface area contributed by atoms with Gasteiger partial charge in [-0.2, -0.15) is 5.26 Å². The summed E-state index contributed by atoms with van der Waals surface area (Å²) >= 11 is 0. The minimum Gasteiger partial charge on any atom is -0.208 e. The highest BCUT2D eigenvalue weighted by Crippen LogP contribution is 2.19. The van der Waals surface area contributed by atoms with Gasteiger partial charge in [-0.15, -0.1) is 0 Å². The van der Waals surface area contributed by atoms with Crippen molar-refractivity contribution < 1.29 is 8.42 Å². The third kappa shape index (κ3) is 3.79. The zero-order valence-electron chi connectivity index (χ0n) is 10.8. The van der Waals surface area contributed by atoms with Gasteiger partial charge in [-0.05, 0) is 31.0 Å². The first-order valence-corrected chi connectivity index (χ1v) is 8.12. The Morgan fingerprint density at radius 1 is 1.16 bits per heavy atom. The van der Waals surface area contributed by atoms with Gasteiger partial charge in [0.05, 0.1) is 16.5 Å². The van der Waals surface area contributed by atoms with Gasteiger partial charge in [-0.25, -0.2) is 13.1 Å². The van der Waals surface area contributed by atoms with Crippen LogP contribution in [0.3, 0.4) is 0 Å². The van der Waals surface area contributed by atoms with Crippen LogP contribution < -0.4 is 4.72 Å². The molecule has 0 atom stereocenters. The van der Waals surface area contributed by atoms with Crippen molar-refractivity contribution in [2.24, 2.45) is 0 Å². The first kappa shape index (κ1) is 14.0. The number of sulfonamides is 1. The van der Waals surface area contributed by atoms with Crippen molar-refractivity contribution in [2.75, 3.05) is 0 Å². The van der Waals surface area contributed by atoms with Gasteiger partial charge in [0.25, 0.3) is 0 Å². The minimum atomic E-state index is -3.51. The molecule has 2 rings (SSSR count). The molecule has 0 aliphatic heterocycles. The van der Waals surface area contributed by atoms with Crippen LogP contribution in [0.4, 0.5) is 0 Å². The number of nitrogens with one attached hydrogen (secondary N) is 1. The summed E-state index contributed by atoms with van der Waals surface area (Å²) in [7, 11) is -3.51. The second kappa shape index (κ2) is 6.18. The van der Waals surface area contributed by atoms with E-state index < -0.39 is 10.0 Å². The van der Waals surface area contributed by atoms with E-state index in [2.05, 4.69) is 4.72 Å². The molecule has 0 unspecified atom stereocenters. The zero-order valence-corrected chi connectivity index (χ0v) is 11.6. The van der Waals surface area contributed by atoms with E-state index >= 15 is 0 Å². The number of benzene rings is 1. The summed E-state index contributed by atoms with van der Waals surface area (Å²) in [6.45, 7) is 0. The molecule has 1 aliphatic carbocycles. The van der Waals surface area contributed by atoms with Crippen LogP contribution in [-0.4, -0.2) is 14.5 Å². The highest BCUT2D eigenvalue weighted by Gasteiger charge is 2.21. The van der Waals surface area contributed by atoms with Crippen molar-refractivity contribution in [2.45, 2.75) is 49.5 Å². The van der Waals surface area contributed by atoms with Crippen molar-refractivity contribution >= 4 is 10.0 Å². The summed E-state index contributed by atoms with van der Waals surface area (Å²) in [5, 5.41) is 8.82. The molecule has 0 saturated heterocycles. The fraction of sp³-hybridized carbons (Fsp3) is 0.500. The second-order valence-corrected chi connectivity index (χ2v) is 6.66. The summed E-state index contributed by atoms with van der Waals surface area (Å²) in [5.41, 5.74) is 0.365. The molecule has 1 aromatic carbocycles. The van der Waals surface area contributed by atoms with Crippen molar-refractivity contribution in [3.8, 4) is 6.07 Å². The summed E-state index contributed by atoms with van der Waals surface area (Å²) in [6.07, 6.45) is 6.31. The molecule has 4 nitrogen and oxygen atoms in total. The predicted octanol–water partition coefficient (Wildman–Crippen LogP) is 2.56. The minimum absolute atomic E-state index is 0.0261. The molecule has 0 heterocycles. The van der Waals surface area contributed by atoms with E-state index in [4.69, 9.17) is 5.26 Å². The topological polar surface area (TPSA) is 70.0 Å². The van der Waals surface area contributed by atoms with Crippen molar-refractivity contribution in [3.05, 3.63) is 29.8 Å². The Labute approximate surface area is 114 Å². The van der Waals surface area contributed by atoms with E-state index in [-0.39, 0.29) is 10.9 Å². The van der Waals surface area contributed by atoms with Gasteiger partial charge in [0, 0.05) is 6.04 Å². The molecule has 102 valence electrons. The maximum absolute atomic E-state index is 12.3. The molecule has 1 aromatic rings. The number of rotatable bonds is 3. The Hall–Kier alpha value is -1.38. The molecule has 5 heteroatoms. The molecule has 0 radical (unpaired) electrons. The second-order valence-electron chi connectivity index (χ2n) is 4.95. The summed E-state index contributed by atoms with van der Waals surface area (Å²) in [6, 6.07) is 8.13. The Kier molecular flexibility index (Phi) is 4.56. The first-order chi connectivity index (χ1) is 9.12. The fourth-order valence-electron chi connectivity index (χ4n) is 2.42. The highest BCUT2D eigenvalue weighted by molar-refractivity contribution is 7.89. The third-order valence-electron chi connectivity index (χ3n) is 3.45. The van der Waals surface area contributed by atoms with E-state index in [9.17, 15) is 8.42 Å². The van der Waals surface area contributed by atoms with Gasteiger partial charge in [-0.3, -0.25) is 0 Å². The maximum Gasteiger partial charge on any atom is 0.240 e. The quantitative estimate of drug-likeness (QED) is 0.864. The summed E-state index contributed by atoms with van der Waals surface area (Å²) in [5.74, 6) is 0. The van der Waals surface area contributed by atoms with Gasteiger partial charge in [0.1, 0.15) is 0 Å². The van der Waals surface area contributed by atoms with Crippen LogP contribution in [0.25, 0.3) is 0 Å². The smallest absolute Gasteiger partial charge is 0.208 e. The van der Waals surface area contributed by atoms with Crippen LogP contribution in [0.5, 0.6) is 0 Å². The van der Waals surface area contributed by atoms with E-state index in [1.54, 1.807) is 12.1 Å². The highest BCUT2D eigenvalue weighted by atomic mass is 32.2. The predicted molar refractivity (Wildman–Crippen MR) is 73.0 cm³/mol. The number of hydrogen-bond acceptors (Lipinski definition) is 3. The Balaban J connectivity index is 2.15. The SMILES string of the molecule is N#Cc1cccc(S(=O)(=O)NC2CCCCCC2)c1. The van der Waals surface area contributed by atoms with Gasteiger partial charge >= 0.3 is 0 Å². The fourth-order valence-corrected chi connectivity index (χ4v) is 3.77. The summed E-state index contributed by atoms with van der Waals surface area (Å²) < 4.78 is 27.3. The largest absolute Gasteiger partial charge is 0.240 e. The van der Waals surface area contributed by atoms with Gasteiger partial charge in [-0.1, -0.05) is 31.7 Å². The lowest BCUT2D eigenvalue weighted by atomic mass is 10.1. The van der Waals surface area contributed by atoms with E-state index in [1.165, 1.54) is 25.0 Å². The average Bonchev–Trinajstić information content (AvgIpc) is 2.67. The van der Waals surface area contributed by atoms with E-state index in [1.807, 2.05) is 6.07 Å². The normalized spacial score (nSPS) is 17.6. The zero-order chi connectivity index (χ0) is 13.7. The van der Waals surface area contributed by atoms with E-state index in [0.717, 1.165) is 25.7 Å². The standard InChI is InChI=1S/C14H18N2O2S/c15-11-12-6-5-9-14(10-12)19(17,18)16-13-7-3-1-2-4-8-13/h5-6,9-10,13,16H,1-4,7-8H2. The number of nitriles is 1. The van der Waals surface area contributed by atoms with Crippen LogP contribution >= 0.6 is 0 Å². The van der Waals surface area contributed by atoms with Crippen LogP contribution in [0.2, 0.25) is 0 Å². The van der Waals surface area contributed by atoms with Gasteiger partial charge < -0.3 is 0 Å². The molecular formula is C14H18N2O2S. The molecule has 0 bridgehead atoms. The van der Waals surface area contributed by atoms with Crippen molar-refractivity contribution in [1.82, 2.24) is 4.72 Å². The summed E-state index contributed by atoms with van der Waals surface area (Å²) in [4.78, 5) is 0.177. The van der Waals surface area contributed by atoms with Gasteiger partial charge in [0.2, 0.25) is 10.0 Å². The molecular weight excluding hydrogens is 260 g/mol. The Bertz CT molecular complexity index is 567. The lowest BCUT2D eigenvalue weighted by Gasteiger charge is -2.16. The molecule has 0 amide bonds. The van der Waals surface area contributed by atoms with Crippen LogP contribution in [0.15, 0.2) is 29.2 Å². The number of hydrogen-bond donors (Lipinski definition) is 1. The van der Waals surface area contributed by atoms with Gasteiger partial charge in [0.15, 0.2) is 0 Å². The first-order valence-electron chi connectivity index (χ1n) is 6.64. The van der Waals surface area contributed by atoms with Crippen molar-refractivity contribution in [1.29, 1.82) is 5.26 Å². The Morgan fingerprint density at radius 3 is 2.47 bits per heavy atom. The lowest BCUT2D eigenvalue weighted by molar-refractivity contribution is 0.510. The van der Waals surface area contributed by atoms with Crippen LogP contribution in [0.1, 0.15) is 44.1 Å². The van der Waals surface area contributed by atoms with Crippen molar-refractivity contribution in [3.63, 3.8) is 0 Å². The molecule has 1 N–H and O–H groups in total. The monoisotopic (exact) mass is 278 g/mol. The third-order valence-corrected chi connectivity index (χ3v) is 4.97. The molecule has 19 heavy (non-hydrogen) atoms. The Morgan fingerprint density at radius 2 is 1.84 bits per heavy atom. The number of nitrogens with zero attached hydrogens (tertiary/aromatic N) is 1. The molecule has 0 aromatic heterocycles. The lowest BCUT2D eigenvalue weighted by Crippen LogP contribution is -2.34. The van der Waals surface area contributed by atoms with Crippen LogP contribution in [-0.2, 0) is 10.0 Å². The van der Waals surface area contributed by atoms with E-state index in [0.29, 0.717) is 5.56 Å². The molecule has 1 aliphatic rings. The average molecular weight is 278 g/mol. The molecule has 0 spiro atoms. The van der Waals surface area contributed by atoms with Crippen LogP contribution in [0, 0.1) is 11.3 Å². The molecule has 1 fully saturated rings. The maximum atomic E-state index is 12.3.